The van der Waals surface area contributed by atoms with E-state index in [9.17, 15) is 23.1 Å². The molecular formula is C11H14F3N3O2S. The first-order chi connectivity index (χ1) is 9.23. The molecule has 1 aromatic heterocycles. The summed E-state index contributed by atoms with van der Waals surface area (Å²) in [6.45, 7) is 1.61. The van der Waals surface area contributed by atoms with E-state index in [1.165, 1.54) is 0 Å². The first-order valence-corrected chi connectivity index (χ1v) is 6.91. The number of hydrogen-bond donors (Lipinski definition) is 2. The molecule has 0 radical (unpaired) electrons. The third-order valence-corrected chi connectivity index (χ3v) is 4.32. The van der Waals surface area contributed by atoms with E-state index < -0.39 is 29.4 Å². The van der Waals surface area contributed by atoms with Gasteiger partial charge in [-0.3, -0.25) is 4.79 Å². The third-order valence-electron chi connectivity index (χ3n) is 3.67. The summed E-state index contributed by atoms with van der Waals surface area (Å²) in [6, 6.07) is -0.442. The van der Waals surface area contributed by atoms with Crippen LogP contribution in [0.3, 0.4) is 0 Å². The second-order valence-electron chi connectivity index (χ2n) is 5.09. The lowest BCUT2D eigenvalue weighted by Crippen LogP contribution is -2.46. The molecule has 112 valence electrons. The normalized spacial score (nSPS) is 27.3. The standard InChI is InChI=1S/C11H14F3N3O2S/c1-10(8(18)19)5-3-2-4-6(10)15-9-16-7(17-20-9)11(12,13)14/h6H,2-5H2,1H3,(H,18,19)(H,15,16,17). The summed E-state index contributed by atoms with van der Waals surface area (Å²) in [4.78, 5) is 14.8. The lowest BCUT2D eigenvalue weighted by atomic mass is 9.72. The number of nitrogens with zero attached hydrogens (tertiary/aromatic N) is 2. The van der Waals surface area contributed by atoms with Crippen LogP contribution in [0.15, 0.2) is 0 Å². The molecule has 1 saturated carbocycles. The molecule has 0 aromatic carbocycles. The Morgan fingerprint density at radius 1 is 1.50 bits per heavy atom. The van der Waals surface area contributed by atoms with E-state index in [-0.39, 0.29) is 5.13 Å². The van der Waals surface area contributed by atoms with Crippen LogP contribution in [-0.2, 0) is 11.0 Å². The van der Waals surface area contributed by atoms with Crippen LogP contribution < -0.4 is 5.32 Å². The highest BCUT2D eigenvalue weighted by Gasteiger charge is 2.44. The van der Waals surface area contributed by atoms with Gasteiger partial charge in [-0.25, -0.2) is 0 Å². The Morgan fingerprint density at radius 3 is 2.75 bits per heavy atom. The predicted octanol–water partition coefficient (Wildman–Crippen LogP) is 3.00. The molecule has 0 bridgehead atoms. The molecule has 20 heavy (non-hydrogen) atoms. The number of nitrogens with one attached hydrogen (secondary N) is 1. The van der Waals surface area contributed by atoms with Crippen molar-refractivity contribution < 1.29 is 23.1 Å². The van der Waals surface area contributed by atoms with Gasteiger partial charge < -0.3 is 10.4 Å². The van der Waals surface area contributed by atoms with Crippen LogP contribution >= 0.6 is 11.5 Å². The topological polar surface area (TPSA) is 75.1 Å². The van der Waals surface area contributed by atoms with E-state index in [4.69, 9.17) is 0 Å². The number of aromatic nitrogens is 2. The van der Waals surface area contributed by atoms with Crippen LogP contribution in [0.2, 0.25) is 0 Å². The minimum absolute atomic E-state index is 0.0108. The molecule has 0 saturated heterocycles. The van der Waals surface area contributed by atoms with Crippen molar-refractivity contribution >= 4 is 22.6 Å². The monoisotopic (exact) mass is 309 g/mol. The van der Waals surface area contributed by atoms with Crippen molar-refractivity contribution in [2.24, 2.45) is 5.41 Å². The quantitative estimate of drug-likeness (QED) is 0.897. The lowest BCUT2D eigenvalue weighted by Gasteiger charge is -2.38. The van der Waals surface area contributed by atoms with E-state index >= 15 is 0 Å². The summed E-state index contributed by atoms with van der Waals surface area (Å²) in [6.07, 6.45) is -1.87. The SMILES string of the molecule is CC1(C(=O)O)CCCCC1Nc1nc(C(F)(F)F)ns1. The number of carboxylic acids is 1. The van der Waals surface area contributed by atoms with Gasteiger partial charge in [-0.05, 0) is 19.8 Å². The third kappa shape index (κ3) is 2.87. The van der Waals surface area contributed by atoms with E-state index in [1.807, 2.05) is 0 Å². The van der Waals surface area contributed by atoms with Crippen LogP contribution in [-0.4, -0.2) is 26.5 Å². The first kappa shape index (κ1) is 15.0. The van der Waals surface area contributed by atoms with Crippen molar-refractivity contribution in [2.45, 2.75) is 44.8 Å². The number of rotatable bonds is 3. The van der Waals surface area contributed by atoms with Crippen LogP contribution in [0.5, 0.6) is 0 Å². The maximum atomic E-state index is 12.4. The largest absolute Gasteiger partial charge is 0.481 e. The molecular weight excluding hydrogens is 295 g/mol. The molecule has 0 spiro atoms. The smallest absolute Gasteiger partial charge is 0.452 e. The molecule has 2 rings (SSSR count). The molecule has 1 aliphatic carbocycles. The maximum absolute atomic E-state index is 12.4. The Bertz CT molecular complexity index is 505. The molecule has 1 heterocycles. The Balaban J connectivity index is 2.15. The van der Waals surface area contributed by atoms with E-state index in [0.717, 1.165) is 12.8 Å². The molecule has 2 N–H and O–H groups in total. The summed E-state index contributed by atoms with van der Waals surface area (Å²) in [5.74, 6) is -2.15. The molecule has 1 aliphatic rings. The fraction of sp³-hybridized carbons (Fsp3) is 0.727. The van der Waals surface area contributed by atoms with E-state index in [2.05, 4.69) is 14.7 Å². The molecule has 0 aliphatic heterocycles. The van der Waals surface area contributed by atoms with Gasteiger partial charge >= 0.3 is 12.1 Å². The molecule has 2 atom stereocenters. The summed E-state index contributed by atoms with van der Waals surface area (Å²) >= 11 is 0.597. The van der Waals surface area contributed by atoms with Crippen LogP contribution in [0.25, 0.3) is 0 Å². The number of aliphatic carboxylic acids is 1. The highest BCUT2D eigenvalue weighted by Crippen LogP contribution is 2.39. The van der Waals surface area contributed by atoms with Crippen molar-refractivity contribution in [3.8, 4) is 0 Å². The number of anilines is 1. The lowest BCUT2D eigenvalue weighted by molar-refractivity contribution is -0.150. The Morgan fingerprint density at radius 2 is 2.20 bits per heavy atom. The number of carbonyl (C=O) groups is 1. The van der Waals surface area contributed by atoms with Crippen molar-refractivity contribution in [2.75, 3.05) is 5.32 Å². The Labute approximate surface area is 117 Å². The minimum atomic E-state index is -4.58. The van der Waals surface area contributed by atoms with Crippen molar-refractivity contribution in [3.63, 3.8) is 0 Å². The predicted molar refractivity (Wildman–Crippen MR) is 66.5 cm³/mol. The van der Waals surface area contributed by atoms with Crippen molar-refractivity contribution in [1.29, 1.82) is 0 Å². The van der Waals surface area contributed by atoms with E-state index in [1.54, 1.807) is 6.92 Å². The van der Waals surface area contributed by atoms with Gasteiger partial charge in [-0.1, -0.05) is 12.8 Å². The molecule has 2 unspecified atom stereocenters. The van der Waals surface area contributed by atoms with Gasteiger partial charge in [-0.2, -0.15) is 22.5 Å². The van der Waals surface area contributed by atoms with Gasteiger partial charge in [0.25, 0.3) is 0 Å². The average molecular weight is 309 g/mol. The van der Waals surface area contributed by atoms with Gasteiger partial charge in [0.2, 0.25) is 11.0 Å². The Hall–Kier alpha value is -1.38. The zero-order valence-electron chi connectivity index (χ0n) is 10.7. The fourth-order valence-corrected chi connectivity index (χ4v) is 3.01. The van der Waals surface area contributed by atoms with Gasteiger partial charge in [0.1, 0.15) is 0 Å². The second kappa shape index (κ2) is 5.19. The number of alkyl halides is 3. The zero-order valence-corrected chi connectivity index (χ0v) is 11.5. The zero-order chi connectivity index (χ0) is 15.0. The molecule has 9 heteroatoms. The molecule has 1 fully saturated rings. The van der Waals surface area contributed by atoms with Gasteiger partial charge in [0.15, 0.2) is 0 Å². The molecule has 5 nitrogen and oxygen atoms in total. The number of carboxylic acid groups (broad SMARTS) is 1. The van der Waals surface area contributed by atoms with Gasteiger partial charge in [0.05, 0.1) is 5.41 Å². The summed E-state index contributed by atoms with van der Waals surface area (Å²) in [5.41, 5.74) is -0.998. The highest BCUT2D eigenvalue weighted by molar-refractivity contribution is 7.09. The van der Waals surface area contributed by atoms with Crippen LogP contribution in [0, 0.1) is 5.41 Å². The maximum Gasteiger partial charge on any atom is 0.452 e. The molecule has 0 amide bonds. The first-order valence-electron chi connectivity index (χ1n) is 6.14. The van der Waals surface area contributed by atoms with Crippen molar-refractivity contribution in [1.82, 2.24) is 9.36 Å². The van der Waals surface area contributed by atoms with Gasteiger partial charge in [-0.15, -0.1) is 0 Å². The van der Waals surface area contributed by atoms with Crippen molar-refractivity contribution in [3.05, 3.63) is 5.82 Å². The van der Waals surface area contributed by atoms with Crippen LogP contribution in [0.1, 0.15) is 38.4 Å². The molecule has 1 aromatic rings. The average Bonchev–Trinajstić information content (AvgIpc) is 2.80. The summed E-state index contributed by atoms with van der Waals surface area (Å²) in [5, 5.41) is 12.1. The number of halogens is 3. The second-order valence-corrected chi connectivity index (χ2v) is 5.84. The van der Waals surface area contributed by atoms with Gasteiger partial charge in [0, 0.05) is 17.6 Å². The van der Waals surface area contributed by atoms with Crippen LogP contribution in [0.4, 0.5) is 18.3 Å². The van der Waals surface area contributed by atoms with E-state index in [0.29, 0.717) is 24.4 Å². The highest BCUT2D eigenvalue weighted by atomic mass is 32.1. The Kier molecular flexibility index (Phi) is 3.90. The summed E-state index contributed by atoms with van der Waals surface area (Å²) in [7, 11) is 0. The fourth-order valence-electron chi connectivity index (χ4n) is 2.37. The summed E-state index contributed by atoms with van der Waals surface area (Å²) < 4.78 is 40.5. The number of hydrogen-bond acceptors (Lipinski definition) is 5. The minimum Gasteiger partial charge on any atom is -0.481 e.